The Kier molecular flexibility index (Phi) is 4.02. The van der Waals surface area contributed by atoms with Gasteiger partial charge in [0.15, 0.2) is 0 Å². The second-order valence-electron chi connectivity index (χ2n) is 9.89. The molecule has 1 aromatic heterocycles. The molecule has 4 aliphatic rings. The first kappa shape index (κ1) is 17.6. The molecule has 150 valence electrons. The van der Waals surface area contributed by atoms with Gasteiger partial charge in [0, 0.05) is 28.6 Å². The normalized spacial score (nSPS) is 30.7. The van der Waals surface area contributed by atoms with Crippen molar-refractivity contribution < 1.29 is 9.52 Å². The van der Waals surface area contributed by atoms with Gasteiger partial charge in [-0.15, -0.1) is 0 Å². The number of phenolic OH excluding ortho intramolecular Hbond substituents is 1. The van der Waals surface area contributed by atoms with Crippen molar-refractivity contribution in [1.82, 2.24) is 5.32 Å². The number of hydrogen-bond donors (Lipinski definition) is 2. The van der Waals surface area contributed by atoms with Crippen LogP contribution in [0.1, 0.15) is 50.5 Å². The van der Waals surface area contributed by atoms with Gasteiger partial charge in [0.25, 0.3) is 0 Å². The summed E-state index contributed by atoms with van der Waals surface area (Å²) < 4.78 is 5.96. The van der Waals surface area contributed by atoms with Gasteiger partial charge in [-0.25, -0.2) is 0 Å². The number of aromatic hydroxyl groups is 1. The number of benzene rings is 2. The third kappa shape index (κ3) is 3.16. The van der Waals surface area contributed by atoms with Crippen molar-refractivity contribution in [3.05, 3.63) is 54.1 Å². The number of hydrogen-bond acceptors (Lipinski definition) is 3. The van der Waals surface area contributed by atoms with Gasteiger partial charge in [-0.05, 0) is 68.1 Å². The maximum absolute atomic E-state index is 10.7. The van der Waals surface area contributed by atoms with Crippen molar-refractivity contribution in [1.29, 1.82) is 0 Å². The fraction of sp³-hybridized carbons (Fsp3) is 0.462. The van der Waals surface area contributed by atoms with E-state index < -0.39 is 0 Å². The van der Waals surface area contributed by atoms with Crippen LogP contribution in [0.3, 0.4) is 0 Å². The van der Waals surface area contributed by atoms with Gasteiger partial charge in [0.2, 0.25) is 0 Å². The van der Waals surface area contributed by atoms with Crippen LogP contribution in [0.2, 0.25) is 0 Å². The molecule has 2 N–H and O–H groups in total. The summed E-state index contributed by atoms with van der Waals surface area (Å²) in [6.07, 6.45) is 9.77. The molecule has 3 heteroatoms. The molecule has 7 rings (SSSR count). The molecular weight excluding hydrogens is 358 g/mol. The maximum Gasteiger partial charge on any atom is 0.135 e. The minimum Gasteiger partial charge on any atom is -0.508 e. The number of fused-ring (bicyclic) bond motifs is 2. The molecule has 0 aliphatic heterocycles. The van der Waals surface area contributed by atoms with E-state index in [1.54, 1.807) is 0 Å². The first-order valence-corrected chi connectivity index (χ1v) is 11.2. The zero-order chi connectivity index (χ0) is 19.4. The van der Waals surface area contributed by atoms with Gasteiger partial charge < -0.3 is 14.8 Å². The average molecular weight is 388 g/mol. The number of rotatable bonds is 4. The van der Waals surface area contributed by atoms with Crippen molar-refractivity contribution in [2.45, 2.75) is 57.0 Å². The number of para-hydroxylation sites is 1. The Labute approximate surface area is 172 Å². The van der Waals surface area contributed by atoms with E-state index in [-0.39, 0.29) is 0 Å². The molecule has 1 heterocycles. The Hall–Kier alpha value is -2.26. The van der Waals surface area contributed by atoms with E-state index in [9.17, 15) is 5.11 Å². The van der Waals surface area contributed by atoms with Crippen LogP contribution in [-0.4, -0.2) is 10.6 Å². The maximum atomic E-state index is 10.7. The lowest BCUT2D eigenvalue weighted by atomic mass is 9.63. The summed E-state index contributed by atoms with van der Waals surface area (Å²) in [5.41, 5.74) is 3.09. The first-order valence-electron chi connectivity index (χ1n) is 11.2. The average Bonchev–Trinajstić information content (AvgIpc) is 3.04. The number of phenols is 1. The van der Waals surface area contributed by atoms with Crippen molar-refractivity contribution >= 4 is 11.0 Å². The molecule has 4 aliphatic carbocycles. The topological polar surface area (TPSA) is 45.4 Å². The van der Waals surface area contributed by atoms with E-state index in [1.165, 1.54) is 44.9 Å². The standard InChI is InChI=1S/C26H29NO2/c28-23-11-21(25-12-20-3-1-2-4-24(20)29-25)7-8-22(23)16-27-26-13-17-5-6-18(14-26)10-19(9-17)15-26/h1-4,7-8,11-12,17-19,27-28H,5-6,9-10,13-16H2. The van der Waals surface area contributed by atoms with Crippen LogP contribution in [0.25, 0.3) is 22.3 Å². The highest BCUT2D eigenvalue weighted by atomic mass is 16.3. The minimum absolute atomic E-state index is 0.302. The number of nitrogens with one attached hydrogen (secondary N) is 1. The van der Waals surface area contributed by atoms with Gasteiger partial charge in [-0.2, -0.15) is 0 Å². The highest BCUT2D eigenvalue weighted by Crippen LogP contribution is 2.53. The van der Waals surface area contributed by atoms with E-state index in [0.29, 0.717) is 11.3 Å². The summed E-state index contributed by atoms with van der Waals surface area (Å²) in [5, 5.41) is 15.7. The molecule has 2 aromatic carbocycles. The largest absolute Gasteiger partial charge is 0.508 e. The van der Waals surface area contributed by atoms with Crippen LogP contribution in [0.5, 0.6) is 5.75 Å². The lowest BCUT2D eigenvalue weighted by Gasteiger charge is -2.49. The molecule has 3 aromatic rings. The summed E-state index contributed by atoms with van der Waals surface area (Å²) in [6, 6.07) is 16.0. The Morgan fingerprint density at radius 2 is 1.69 bits per heavy atom. The molecule has 0 spiro atoms. The molecule has 29 heavy (non-hydrogen) atoms. The van der Waals surface area contributed by atoms with Crippen LogP contribution in [0, 0.1) is 17.8 Å². The van der Waals surface area contributed by atoms with E-state index in [2.05, 4.69) is 23.5 Å². The van der Waals surface area contributed by atoms with Crippen molar-refractivity contribution in [2.75, 3.05) is 0 Å². The van der Waals surface area contributed by atoms with E-state index in [4.69, 9.17) is 4.42 Å². The summed E-state index contributed by atoms with van der Waals surface area (Å²) in [4.78, 5) is 0. The summed E-state index contributed by atoms with van der Waals surface area (Å²) >= 11 is 0. The molecule has 0 amide bonds. The fourth-order valence-electron chi connectivity index (χ4n) is 6.68. The highest BCUT2D eigenvalue weighted by molar-refractivity contribution is 5.82. The minimum atomic E-state index is 0.302. The summed E-state index contributed by atoms with van der Waals surface area (Å²) in [7, 11) is 0. The van der Waals surface area contributed by atoms with Crippen molar-refractivity contribution in [3.8, 4) is 17.1 Å². The van der Waals surface area contributed by atoms with Gasteiger partial charge in [0.1, 0.15) is 17.1 Å². The Morgan fingerprint density at radius 3 is 2.45 bits per heavy atom. The van der Waals surface area contributed by atoms with Crippen LogP contribution in [0.15, 0.2) is 52.9 Å². The lowest BCUT2D eigenvalue weighted by Crippen LogP contribution is -2.53. The summed E-state index contributed by atoms with van der Waals surface area (Å²) in [5.74, 6) is 3.92. The molecule has 2 atom stereocenters. The van der Waals surface area contributed by atoms with Gasteiger partial charge >= 0.3 is 0 Å². The molecule has 4 fully saturated rings. The predicted molar refractivity (Wildman–Crippen MR) is 116 cm³/mol. The van der Waals surface area contributed by atoms with Crippen molar-refractivity contribution in [3.63, 3.8) is 0 Å². The van der Waals surface area contributed by atoms with Crippen LogP contribution in [-0.2, 0) is 6.54 Å². The van der Waals surface area contributed by atoms with Crippen LogP contribution < -0.4 is 5.32 Å². The highest BCUT2D eigenvalue weighted by Gasteiger charge is 2.48. The Bertz CT molecular complexity index is 1000. The molecule has 0 saturated heterocycles. The Balaban J connectivity index is 1.22. The molecule has 0 radical (unpaired) electrons. The van der Waals surface area contributed by atoms with Crippen molar-refractivity contribution in [2.24, 2.45) is 17.8 Å². The number of furan rings is 1. The molecule has 4 saturated carbocycles. The molecule has 4 bridgehead atoms. The van der Waals surface area contributed by atoms with E-state index >= 15 is 0 Å². The molecule has 2 unspecified atom stereocenters. The first-order chi connectivity index (χ1) is 14.2. The predicted octanol–water partition coefficient (Wildman–Crippen LogP) is 6.25. The van der Waals surface area contributed by atoms with Gasteiger partial charge in [-0.1, -0.05) is 43.2 Å². The molecular formula is C26H29NO2. The zero-order valence-electron chi connectivity index (χ0n) is 16.9. The third-order valence-electron chi connectivity index (χ3n) is 7.80. The quantitative estimate of drug-likeness (QED) is 0.556. The zero-order valence-corrected chi connectivity index (χ0v) is 16.9. The van der Waals surface area contributed by atoms with Crippen LogP contribution >= 0.6 is 0 Å². The summed E-state index contributed by atoms with van der Waals surface area (Å²) in [6.45, 7) is 0.748. The second-order valence-corrected chi connectivity index (χ2v) is 9.89. The monoisotopic (exact) mass is 387 g/mol. The van der Waals surface area contributed by atoms with Gasteiger partial charge in [-0.3, -0.25) is 0 Å². The fourth-order valence-corrected chi connectivity index (χ4v) is 6.68. The van der Waals surface area contributed by atoms with Crippen LogP contribution in [0.4, 0.5) is 0 Å². The molecule has 3 nitrogen and oxygen atoms in total. The van der Waals surface area contributed by atoms with E-state index in [1.807, 2.05) is 30.3 Å². The lowest BCUT2D eigenvalue weighted by molar-refractivity contribution is 0.0718. The van der Waals surface area contributed by atoms with E-state index in [0.717, 1.165) is 52.2 Å². The third-order valence-corrected chi connectivity index (χ3v) is 7.80. The van der Waals surface area contributed by atoms with Gasteiger partial charge in [0.05, 0.1) is 0 Å². The Morgan fingerprint density at radius 1 is 0.931 bits per heavy atom. The SMILES string of the molecule is Oc1cc(-c2cc3ccccc3o2)ccc1CNC12CC3CCC(CC(C3)C1)C2. The second kappa shape index (κ2) is 6.63. The smallest absolute Gasteiger partial charge is 0.135 e.